The normalized spacial score (nSPS) is 28.5. The molecule has 4 nitrogen and oxygen atoms in total. The summed E-state index contributed by atoms with van der Waals surface area (Å²) < 4.78 is 22.9. The number of hydrogen-bond acceptors (Lipinski definition) is 3. The van der Waals surface area contributed by atoms with E-state index in [4.69, 9.17) is 0 Å². The van der Waals surface area contributed by atoms with Crippen molar-refractivity contribution in [3.8, 4) is 0 Å². The van der Waals surface area contributed by atoms with Crippen LogP contribution in [0.2, 0.25) is 0 Å². The maximum absolute atomic E-state index is 12.3. The van der Waals surface area contributed by atoms with E-state index in [1.807, 2.05) is 0 Å². The van der Waals surface area contributed by atoms with E-state index in [1.165, 1.54) is 44.1 Å². The van der Waals surface area contributed by atoms with E-state index in [-0.39, 0.29) is 16.8 Å². The van der Waals surface area contributed by atoms with Crippen molar-refractivity contribution in [2.45, 2.75) is 43.5 Å². The number of nitrogens with one attached hydrogen (secondary N) is 1. The van der Waals surface area contributed by atoms with Crippen LogP contribution in [0.15, 0.2) is 29.2 Å². The Morgan fingerprint density at radius 3 is 2.36 bits per heavy atom. The lowest BCUT2D eigenvalue weighted by atomic mass is 9.84. The number of carbonyl (C=O) groups excluding carboxylic acids is 1. The fourth-order valence-electron chi connectivity index (χ4n) is 4.16. The van der Waals surface area contributed by atoms with Gasteiger partial charge in [0.1, 0.15) is 0 Å². The Morgan fingerprint density at radius 2 is 1.86 bits per heavy atom. The third-order valence-corrected chi connectivity index (χ3v) is 6.47. The van der Waals surface area contributed by atoms with Gasteiger partial charge in [0.15, 0.2) is 9.84 Å². The van der Waals surface area contributed by atoms with E-state index in [9.17, 15) is 13.2 Å². The first-order chi connectivity index (χ1) is 10.3. The third-order valence-electron chi connectivity index (χ3n) is 5.34. The molecule has 0 spiro atoms. The van der Waals surface area contributed by atoms with Crippen LogP contribution in [0.4, 0.5) is 0 Å². The van der Waals surface area contributed by atoms with Crippen molar-refractivity contribution in [2.24, 2.45) is 17.8 Å². The molecule has 1 aromatic carbocycles. The minimum atomic E-state index is -3.22. The van der Waals surface area contributed by atoms with E-state index in [0.717, 1.165) is 11.8 Å². The lowest BCUT2D eigenvalue weighted by molar-refractivity contribution is 0.0915. The van der Waals surface area contributed by atoms with Gasteiger partial charge in [0.2, 0.25) is 0 Å². The molecule has 1 N–H and O–H groups in total. The number of sulfone groups is 1. The standard InChI is InChI=1S/C17H23NO3S/c1-11(16-10-12-3-4-14(16)9-12)18-17(19)13-5-7-15(8-6-13)22(2,20)21/h5-8,11-12,14,16H,3-4,9-10H2,1-2H3,(H,18,19). The molecule has 2 bridgehead atoms. The van der Waals surface area contributed by atoms with Crippen LogP contribution in [0.5, 0.6) is 0 Å². The van der Waals surface area contributed by atoms with Crippen LogP contribution in [0, 0.1) is 17.8 Å². The van der Waals surface area contributed by atoms with E-state index >= 15 is 0 Å². The minimum Gasteiger partial charge on any atom is -0.349 e. The van der Waals surface area contributed by atoms with Gasteiger partial charge in [0.05, 0.1) is 4.90 Å². The zero-order chi connectivity index (χ0) is 15.9. The second-order valence-corrected chi connectivity index (χ2v) is 8.91. The van der Waals surface area contributed by atoms with E-state index in [1.54, 1.807) is 12.1 Å². The fraction of sp³-hybridized carbons (Fsp3) is 0.588. The van der Waals surface area contributed by atoms with Crippen molar-refractivity contribution in [1.82, 2.24) is 5.32 Å². The molecule has 1 amide bonds. The molecule has 22 heavy (non-hydrogen) atoms. The molecule has 0 radical (unpaired) electrons. The molecule has 0 aromatic heterocycles. The summed E-state index contributed by atoms with van der Waals surface area (Å²) in [5, 5.41) is 3.09. The molecule has 1 aromatic rings. The van der Waals surface area contributed by atoms with Crippen molar-refractivity contribution < 1.29 is 13.2 Å². The summed E-state index contributed by atoms with van der Waals surface area (Å²) in [7, 11) is -3.22. The molecule has 0 heterocycles. The SMILES string of the molecule is CC(NC(=O)c1ccc(S(C)(=O)=O)cc1)C1CC2CCC1C2. The lowest BCUT2D eigenvalue weighted by Gasteiger charge is -2.28. The first-order valence-electron chi connectivity index (χ1n) is 7.95. The Hall–Kier alpha value is -1.36. The number of rotatable bonds is 4. The lowest BCUT2D eigenvalue weighted by Crippen LogP contribution is -2.40. The molecule has 2 aliphatic rings. The largest absolute Gasteiger partial charge is 0.349 e. The Balaban J connectivity index is 1.64. The zero-order valence-corrected chi connectivity index (χ0v) is 13.9. The Bertz CT molecular complexity index is 666. The Morgan fingerprint density at radius 1 is 1.18 bits per heavy atom. The summed E-state index contributed by atoms with van der Waals surface area (Å²) in [6.45, 7) is 2.09. The summed E-state index contributed by atoms with van der Waals surface area (Å²) in [5.41, 5.74) is 0.516. The van der Waals surface area contributed by atoms with Crippen molar-refractivity contribution in [1.29, 1.82) is 0 Å². The van der Waals surface area contributed by atoms with Gasteiger partial charge in [-0.1, -0.05) is 6.42 Å². The van der Waals surface area contributed by atoms with Gasteiger partial charge in [-0.2, -0.15) is 0 Å². The topological polar surface area (TPSA) is 63.2 Å². The fourth-order valence-corrected chi connectivity index (χ4v) is 4.79. The molecule has 4 atom stereocenters. The van der Waals surface area contributed by atoms with E-state index in [0.29, 0.717) is 11.5 Å². The highest BCUT2D eigenvalue weighted by molar-refractivity contribution is 7.90. The Kier molecular flexibility index (Phi) is 4.02. The molecule has 5 heteroatoms. The van der Waals surface area contributed by atoms with Gasteiger partial charge in [0.25, 0.3) is 5.91 Å². The van der Waals surface area contributed by atoms with Crippen LogP contribution in [0.3, 0.4) is 0 Å². The van der Waals surface area contributed by atoms with Crippen molar-refractivity contribution in [3.63, 3.8) is 0 Å². The number of carbonyl (C=O) groups is 1. The van der Waals surface area contributed by atoms with Gasteiger partial charge < -0.3 is 5.32 Å². The molecule has 0 aliphatic heterocycles. The van der Waals surface area contributed by atoms with Gasteiger partial charge in [-0.15, -0.1) is 0 Å². The summed E-state index contributed by atoms with van der Waals surface area (Å²) in [6, 6.07) is 6.33. The van der Waals surface area contributed by atoms with Gasteiger partial charge in [0, 0.05) is 17.9 Å². The number of fused-ring (bicyclic) bond motifs is 2. The summed E-state index contributed by atoms with van der Waals surface area (Å²) in [5.74, 6) is 2.12. The number of hydrogen-bond donors (Lipinski definition) is 1. The van der Waals surface area contributed by atoms with E-state index in [2.05, 4.69) is 12.2 Å². The highest BCUT2D eigenvalue weighted by Gasteiger charge is 2.42. The summed E-state index contributed by atoms with van der Waals surface area (Å²) in [6.07, 6.45) is 6.39. The molecule has 2 fully saturated rings. The maximum Gasteiger partial charge on any atom is 0.251 e. The summed E-state index contributed by atoms with van der Waals surface area (Å²) in [4.78, 5) is 12.6. The molecular weight excluding hydrogens is 298 g/mol. The molecule has 2 aliphatic carbocycles. The van der Waals surface area contributed by atoms with Gasteiger partial charge in [-0.3, -0.25) is 4.79 Å². The first kappa shape index (κ1) is 15.5. The summed E-state index contributed by atoms with van der Waals surface area (Å²) >= 11 is 0. The molecule has 2 saturated carbocycles. The second-order valence-electron chi connectivity index (χ2n) is 6.90. The number of benzene rings is 1. The quantitative estimate of drug-likeness (QED) is 0.927. The van der Waals surface area contributed by atoms with Gasteiger partial charge in [-0.25, -0.2) is 8.42 Å². The van der Waals surface area contributed by atoms with Crippen LogP contribution in [-0.2, 0) is 9.84 Å². The molecule has 120 valence electrons. The molecule has 3 rings (SSSR count). The van der Waals surface area contributed by atoms with Gasteiger partial charge >= 0.3 is 0 Å². The van der Waals surface area contributed by atoms with Crippen LogP contribution in [0.25, 0.3) is 0 Å². The average molecular weight is 321 g/mol. The highest BCUT2D eigenvalue weighted by Crippen LogP contribution is 2.49. The van der Waals surface area contributed by atoms with Crippen molar-refractivity contribution >= 4 is 15.7 Å². The Labute approximate surface area is 132 Å². The third kappa shape index (κ3) is 3.05. The first-order valence-corrected chi connectivity index (χ1v) is 9.84. The van der Waals surface area contributed by atoms with Crippen LogP contribution in [-0.4, -0.2) is 26.6 Å². The van der Waals surface area contributed by atoms with Crippen molar-refractivity contribution in [3.05, 3.63) is 29.8 Å². The van der Waals surface area contributed by atoms with Crippen molar-refractivity contribution in [2.75, 3.05) is 6.26 Å². The molecule has 4 unspecified atom stereocenters. The predicted octanol–water partition coefficient (Wildman–Crippen LogP) is 2.64. The second kappa shape index (κ2) is 5.69. The van der Waals surface area contributed by atoms with Gasteiger partial charge in [-0.05, 0) is 68.2 Å². The smallest absolute Gasteiger partial charge is 0.251 e. The highest BCUT2D eigenvalue weighted by atomic mass is 32.2. The van der Waals surface area contributed by atoms with Crippen LogP contribution >= 0.6 is 0 Å². The minimum absolute atomic E-state index is 0.115. The zero-order valence-electron chi connectivity index (χ0n) is 13.1. The molecule has 0 saturated heterocycles. The molecular formula is C17H23NO3S. The van der Waals surface area contributed by atoms with Crippen LogP contribution in [0.1, 0.15) is 43.0 Å². The monoisotopic (exact) mass is 321 g/mol. The predicted molar refractivity (Wildman–Crippen MR) is 85.4 cm³/mol. The van der Waals surface area contributed by atoms with Crippen LogP contribution < -0.4 is 5.32 Å². The van der Waals surface area contributed by atoms with E-state index < -0.39 is 9.84 Å². The number of amides is 1. The average Bonchev–Trinajstić information content (AvgIpc) is 3.09. The maximum atomic E-state index is 12.3.